The average molecular weight is 384 g/mol. The molecule has 1 atom stereocenters. The van der Waals surface area contributed by atoms with Gasteiger partial charge in [0.05, 0.1) is 11.1 Å². The van der Waals surface area contributed by atoms with E-state index >= 15 is 0 Å². The molecule has 0 bridgehead atoms. The Labute approximate surface area is 162 Å². The Morgan fingerprint density at radius 3 is 2.61 bits per heavy atom. The minimum Gasteiger partial charge on any atom is -0.317 e. The molecule has 3 aromatic rings. The second kappa shape index (κ2) is 7.55. The lowest BCUT2D eigenvalue weighted by atomic mass is 9.90. The topological polar surface area (TPSA) is 24.9 Å². The van der Waals surface area contributed by atoms with Gasteiger partial charge in [0.25, 0.3) is 0 Å². The summed E-state index contributed by atoms with van der Waals surface area (Å²) in [5.74, 6) is 0.509. The molecule has 1 aromatic heterocycles. The molecule has 0 spiro atoms. The van der Waals surface area contributed by atoms with Crippen LogP contribution in [0.15, 0.2) is 48.5 Å². The number of fused-ring (bicyclic) bond motifs is 1. The van der Waals surface area contributed by atoms with Gasteiger partial charge in [-0.05, 0) is 86.1 Å². The first-order chi connectivity index (χ1) is 13.4. The smallest absolute Gasteiger partial charge is 0.317 e. The maximum absolute atomic E-state index is 13.0. The first-order valence-electron chi connectivity index (χ1n) is 9.71. The van der Waals surface area contributed by atoms with Gasteiger partial charge in [-0.2, -0.15) is 13.2 Å². The van der Waals surface area contributed by atoms with Crippen LogP contribution in [-0.4, -0.2) is 18.1 Å². The minimum atomic E-state index is -4.34. The molecule has 1 aliphatic heterocycles. The molecule has 2 aromatic carbocycles. The SMILES string of the molecule is Cc1nc2cc(-c3cccc(C(F)(F)F)c3)ccc2cc1C1CCCNCC1. The second-order valence-electron chi connectivity index (χ2n) is 7.53. The quantitative estimate of drug-likeness (QED) is 0.579. The molecule has 2 nitrogen and oxygen atoms in total. The molecular formula is C23H23F3N2. The molecule has 1 N–H and O–H groups in total. The highest BCUT2D eigenvalue weighted by Crippen LogP contribution is 2.34. The molecular weight excluding hydrogens is 361 g/mol. The van der Waals surface area contributed by atoms with Gasteiger partial charge >= 0.3 is 6.18 Å². The Morgan fingerprint density at radius 1 is 0.964 bits per heavy atom. The second-order valence-corrected chi connectivity index (χ2v) is 7.53. The Bertz CT molecular complexity index is 987. The highest BCUT2D eigenvalue weighted by atomic mass is 19.4. The number of hydrogen-bond donors (Lipinski definition) is 1. The van der Waals surface area contributed by atoms with E-state index in [-0.39, 0.29) is 0 Å². The molecule has 0 amide bonds. The fraction of sp³-hybridized carbons (Fsp3) is 0.348. The number of benzene rings is 2. The molecule has 0 radical (unpaired) electrons. The molecule has 4 rings (SSSR count). The lowest BCUT2D eigenvalue weighted by molar-refractivity contribution is -0.137. The molecule has 146 valence electrons. The minimum absolute atomic E-state index is 0.509. The molecule has 0 aliphatic carbocycles. The lowest BCUT2D eigenvalue weighted by Crippen LogP contribution is -2.14. The summed E-state index contributed by atoms with van der Waals surface area (Å²) in [6, 6.07) is 13.4. The maximum Gasteiger partial charge on any atom is 0.416 e. The van der Waals surface area contributed by atoms with E-state index in [4.69, 9.17) is 4.98 Å². The van der Waals surface area contributed by atoms with Crippen molar-refractivity contribution >= 4 is 10.9 Å². The summed E-state index contributed by atoms with van der Waals surface area (Å²) in [4.78, 5) is 4.80. The van der Waals surface area contributed by atoms with Gasteiger partial charge in [0.15, 0.2) is 0 Å². The summed E-state index contributed by atoms with van der Waals surface area (Å²) in [7, 11) is 0. The number of nitrogens with zero attached hydrogens (tertiary/aromatic N) is 1. The molecule has 2 heterocycles. The number of pyridine rings is 1. The molecule has 1 fully saturated rings. The van der Waals surface area contributed by atoms with Gasteiger partial charge in [-0.1, -0.05) is 24.3 Å². The van der Waals surface area contributed by atoms with E-state index in [1.165, 1.54) is 17.7 Å². The van der Waals surface area contributed by atoms with Gasteiger partial charge in [0.1, 0.15) is 0 Å². The van der Waals surface area contributed by atoms with E-state index in [0.29, 0.717) is 11.5 Å². The van der Waals surface area contributed by atoms with E-state index in [9.17, 15) is 13.2 Å². The third-order valence-electron chi connectivity index (χ3n) is 5.59. The van der Waals surface area contributed by atoms with Crippen LogP contribution in [0.1, 0.15) is 42.0 Å². The van der Waals surface area contributed by atoms with Crippen LogP contribution in [0.5, 0.6) is 0 Å². The third kappa shape index (κ3) is 3.90. The van der Waals surface area contributed by atoms with Gasteiger partial charge in [-0.25, -0.2) is 0 Å². The van der Waals surface area contributed by atoms with Crippen molar-refractivity contribution < 1.29 is 13.2 Å². The van der Waals surface area contributed by atoms with Gasteiger partial charge in [-0.3, -0.25) is 4.98 Å². The van der Waals surface area contributed by atoms with E-state index < -0.39 is 11.7 Å². The summed E-state index contributed by atoms with van der Waals surface area (Å²) in [5, 5.41) is 4.48. The predicted molar refractivity (Wildman–Crippen MR) is 106 cm³/mol. The van der Waals surface area contributed by atoms with Crippen LogP contribution in [0.2, 0.25) is 0 Å². The van der Waals surface area contributed by atoms with Crippen LogP contribution in [0.4, 0.5) is 13.2 Å². The van der Waals surface area contributed by atoms with Crippen molar-refractivity contribution in [2.75, 3.05) is 13.1 Å². The fourth-order valence-corrected chi connectivity index (χ4v) is 4.08. The van der Waals surface area contributed by atoms with E-state index in [2.05, 4.69) is 11.4 Å². The summed E-state index contributed by atoms with van der Waals surface area (Å²) in [6.07, 6.45) is -0.916. The molecule has 5 heteroatoms. The zero-order valence-corrected chi connectivity index (χ0v) is 15.8. The highest BCUT2D eigenvalue weighted by molar-refractivity contribution is 5.85. The van der Waals surface area contributed by atoms with Crippen LogP contribution < -0.4 is 5.32 Å². The number of aryl methyl sites for hydroxylation is 1. The lowest BCUT2D eigenvalue weighted by Gasteiger charge is -2.17. The monoisotopic (exact) mass is 384 g/mol. The number of rotatable bonds is 2. The summed E-state index contributed by atoms with van der Waals surface area (Å²) >= 11 is 0. The van der Waals surface area contributed by atoms with Gasteiger partial charge < -0.3 is 5.32 Å². The van der Waals surface area contributed by atoms with E-state index in [0.717, 1.165) is 60.6 Å². The Hall–Kier alpha value is -2.40. The molecule has 1 unspecified atom stereocenters. The van der Waals surface area contributed by atoms with Crippen molar-refractivity contribution in [1.82, 2.24) is 10.3 Å². The van der Waals surface area contributed by atoms with Crippen LogP contribution in [-0.2, 0) is 6.18 Å². The Kier molecular flexibility index (Phi) is 5.11. The summed E-state index contributed by atoms with van der Waals surface area (Å²) in [5.41, 5.74) is 3.80. The maximum atomic E-state index is 13.0. The number of halogens is 3. The van der Waals surface area contributed by atoms with Gasteiger partial charge in [0, 0.05) is 11.1 Å². The fourth-order valence-electron chi connectivity index (χ4n) is 4.08. The highest BCUT2D eigenvalue weighted by Gasteiger charge is 2.30. The number of nitrogens with one attached hydrogen (secondary N) is 1. The number of aromatic nitrogens is 1. The zero-order valence-electron chi connectivity index (χ0n) is 15.8. The van der Waals surface area contributed by atoms with Crippen molar-refractivity contribution in [3.63, 3.8) is 0 Å². The van der Waals surface area contributed by atoms with Crippen LogP contribution in [0.25, 0.3) is 22.0 Å². The molecule has 0 saturated carbocycles. The van der Waals surface area contributed by atoms with Gasteiger partial charge in [0.2, 0.25) is 0 Å². The largest absolute Gasteiger partial charge is 0.416 e. The summed E-state index contributed by atoms with van der Waals surface area (Å²) in [6.45, 7) is 4.12. The van der Waals surface area contributed by atoms with Crippen LogP contribution in [0.3, 0.4) is 0 Å². The predicted octanol–water partition coefficient (Wildman–Crippen LogP) is 6.09. The normalized spacial score (nSPS) is 18.2. The van der Waals surface area contributed by atoms with Crippen molar-refractivity contribution in [3.8, 4) is 11.1 Å². The standard InChI is InChI=1S/C23H23F3N2/c1-15-21(16-5-3-10-27-11-9-16)13-19-8-7-18(14-22(19)28-15)17-4-2-6-20(12-17)23(24,25)26/h2,4,6-8,12-14,16,27H,3,5,9-11H2,1H3. The van der Waals surface area contributed by atoms with Crippen molar-refractivity contribution in [2.24, 2.45) is 0 Å². The Balaban J connectivity index is 1.71. The molecule has 1 saturated heterocycles. The average Bonchev–Trinajstić information content (AvgIpc) is 2.96. The van der Waals surface area contributed by atoms with Gasteiger partial charge in [-0.15, -0.1) is 0 Å². The summed E-state index contributed by atoms with van der Waals surface area (Å²) < 4.78 is 39.1. The first kappa shape index (κ1) is 18.9. The number of alkyl halides is 3. The van der Waals surface area contributed by atoms with Crippen LogP contribution >= 0.6 is 0 Å². The Morgan fingerprint density at radius 2 is 1.79 bits per heavy atom. The zero-order chi connectivity index (χ0) is 19.7. The van der Waals surface area contributed by atoms with Crippen molar-refractivity contribution in [2.45, 2.75) is 38.3 Å². The van der Waals surface area contributed by atoms with Crippen molar-refractivity contribution in [3.05, 3.63) is 65.4 Å². The van der Waals surface area contributed by atoms with E-state index in [1.807, 2.05) is 25.1 Å². The van der Waals surface area contributed by atoms with E-state index in [1.54, 1.807) is 6.07 Å². The molecule has 1 aliphatic rings. The first-order valence-corrected chi connectivity index (χ1v) is 9.71. The number of hydrogen-bond acceptors (Lipinski definition) is 2. The van der Waals surface area contributed by atoms with Crippen molar-refractivity contribution in [1.29, 1.82) is 0 Å². The molecule has 28 heavy (non-hydrogen) atoms. The third-order valence-corrected chi connectivity index (χ3v) is 5.59. The van der Waals surface area contributed by atoms with Crippen LogP contribution in [0, 0.1) is 6.92 Å².